The van der Waals surface area contributed by atoms with E-state index in [1.807, 2.05) is 6.08 Å². The van der Waals surface area contributed by atoms with Crippen molar-refractivity contribution in [1.82, 2.24) is 0 Å². The number of hydrogen-bond acceptors (Lipinski definition) is 2. The van der Waals surface area contributed by atoms with Gasteiger partial charge in [0.05, 0.1) is 7.11 Å². The molecule has 0 N–H and O–H groups in total. The molecular weight excluding hydrogens is 207 g/mol. The van der Waals surface area contributed by atoms with E-state index < -0.39 is 12.1 Å². The Kier molecular flexibility index (Phi) is 3.42. The Morgan fingerprint density at radius 2 is 2.31 bits per heavy atom. The minimum atomic E-state index is -1.58. The highest BCUT2D eigenvalue weighted by molar-refractivity contribution is 5.78. The number of hydrogen-bond donors (Lipinski definition) is 0. The number of methoxy groups -OCH3 is 1. The number of carbonyl (C=O) groups excluding carboxylic acids is 1. The third-order valence-electron chi connectivity index (χ3n) is 3.52. The Morgan fingerprint density at radius 3 is 3.06 bits per heavy atom. The van der Waals surface area contributed by atoms with E-state index in [1.54, 1.807) is 6.08 Å². The largest absolute Gasteiger partial charge is 0.467 e. The number of halogens is 1. The molecule has 2 rings (SSSR count). The lowest BCUT2D eigenvalue weighted by Gasteiger charge is -2.29. The predicted octanol–water partition coefficient (Wildman–Crippen LogP) is 2.94. The molecule has 2 nitrogen and oxygen atoms in total. The van der Waals surface area contributed by atoms with Crippen LogP contribution in [0.5, 0.6) is 0 Å². The van der Waals surface area contributed by atoms with E-state index >= 15 is 0 Å². The topological polar surface area (TPSA) is 26.3 Å². The zero-order valence-corrected chi connectivity index (χ0v) is 9.54. The lowest BCUT2D eigenvalue weighted by atomic mass is 9.77. The third-order valence-corrected chi connectivity index (χ3v) is 3.52. The van der Waals surface area contributed by atoms with Crippen molar-refractivity contribution in [2.45, 2.75) is 38.3 Å². The molecule has 0 aliphatic heterocycles. The van der Waals surface area contributed by atoms with Gasteiger partial charge in [0, 0.05) is 0 Å². The standard InChI is InChI=1S/C13H17FO2/c1-16-13(15)12(14)11-7-6-9-4-2-3-5-10(9)8-11/h6-7,10,12H,2-5,8H2,1H3. The SMILES string of the molecule is COC(=O)C(F)C1=CC=C2CCCCC2C1. The van der Waals surface area contributed by atoms with Gasteiger partial charge < -0.3 is 4.74 Å². The number of allylic oxidation sites excluding steroid dienone is 3. The first kappa shape index (κ1) is 11.4. The van der Waals surface area contributed by atoms with Crippen molar-refractivity contribution in [2.24, 2.45) is 5.92 Å². The second kappa shape index (κ2) is 4.81. The molecule has 1 fully saturated rings. The van der Waals surface area contributed by atoms with Gasteiger partial charge in [-0.1, -0.05) is 24.1 Å². The van der Waals surface area contributed by atoms with Crippen molar-refractivity contribution in [3.8, 4) is 0 Å². The van der Waals surface area contributed by atoms with E-state index in [2.05, 4.69) is 4.74 Å². The van der Waals surface area contributed by atoms with Gasteiger partial charge in [-0.2, -0.15) is 0 Å². The van der Waals surface area contributed by atoms with Crippen LogP contribution >= 0.6 is 0 Å². The minimum Gasteiger partial charge on any atom is -0.467 e. The lowest BCUT2D eigenvalue weighted by molar-refractivity contribution is -0.145. The van der Waals surface area contributed by atoms with Gasteiger partial charge >= 0.3 is 5.97 Å². The summed E-state index contributed by atoms with van der Waals surface area (Å²) < 4.78 is 18.1. The highest BCUT2D eigenvalue weighted by atomic mass is 19.1. The lowest BCUT2D eigenvalue weighted by Crippen LogP contribution is -2.24. The van der Waals surface area contributed by atoms with Crippen LogP contribution in [0.2, 0.25) is 0 Å². The highest BCUT2D eigenvalue weighted by Crippen LogP contribution is 2.37. The molecular formula is C13H17FO2. The summed E-state index contributed by atoms with van der Waals surface area (Å²) in [6.45, 7) is 0. The van der Waals surface area contributed by atoms with Crippen LogP contribution in [0.4, 0.5) is 4.39 Å². The molecule has 0 aromatic heterocycles. The van der Waals surface area contributed by atoms with E-state index in [-0.39, 0.29) is 0 Å². The molecule has 2 aliphatic rings. The van der Waals surface area contributed by atoms with E-state index in [1.165, 1.54) is 25.5 Å². The average molecular weight is 224 g/mol. The molecule has 0 spiro atoms. The Labute approximate surface area is 95.2 Å². The van der Waals surface area contributed by atoms with Crippen molar-refractivity contribution in [3.05, 3.63) is 23.3 Å². The van der Waals surface area contributed by atoms with Crippen molar-refractivity contribution < 1.29 is 13.9 Å². The van der Waals surface area contributed by atoms with Gasteiger partial charge in [0.1, 0.15) is 0 Å². The van der Waals surface area contributed by atoms with E-state index in [0.29, 0.717) is 17.9 Å². The molecule has 0 heterocycles. The molecule has 2 unspecified atom stereocenters. The van der Waals surface area contributed by atoms with Crippen LogP contribution in [0.1, 0.15) is 32.1 Å². The van der Waals surface area contributed by atoms with Crippen molar-refractivity contribution in [2.75, 3.05) is 7.11 Å². The van der Waals surface area contributed by atoms with Crippen LogP contribution in [-0.4, -0.2) is 19.3 Å². The Morgan fingerprint density at radius 1 is 1.50 bits per heavy atom. The van der Waals surface area contributed by atoms with E-state index in [9.17, 15) is 9.18 Å². The molecule has 16 heavy (non-hydrogen) atoms. The molecule has 2 aliphatic carbocycles. The molecule has 0 radical (unpaired) electrons. The Balaban J connectivity index is 2.10. The maximum Gasteiger partial charge on any atom is 0.344 e. The number of carbonyl (C=O) groups is 1. The van der Waals surface area contributed by atoms with Gasteiger partial charge in [-0.3, -0.25) is 0 Å². The van der Waals surface area contributed by atoms with Crippen molar-refractivity contribution >= 4 is 5.97 Å². The summed E-state index contributed by atoms with van der Waals surface area (Å²) in [5, 5.41) is 0. The number of rotatable bonds is 2. The molecule has 0 aromatic rings. The van der Waals surface area contributed by atoms with E-state index in [0.717, 1.165) is 12.8 Å². The minimum absolute atomic E-state index is 0.455. The van der Waals surface area contributed by atoms with Crippen LogP contribution in [0, 0.1) is 5.92 Å². The fraction of sp³-hybridized carbons (Fsp3) is 0.615. The number of esters is 1. The van der Waals surface area contributed by atoms with Crippen molar-refractivity contribution in [3.63, 3.8) is 0 Å². The normalized spacial score (nSPS) is 26.2. The first-order chi connectivity index (χ1) is 7.72. The fourth-order valence-corrected chi connectivity index (χ4v) is 2.57. The molecule has 0 amide bonds. The monoisotopic (exact) mass is 224 g/mol. The average Bonchev–Trinajstić information content (AvgIpc) is 2.36. The van der Waals surface area contributed by atoms with Gasteiger partial charge in [0.15, 0.2) is 0 Å². The van der Waals surface area contributed by atoms with Crippen molar-refractivity contribution in [1.29, 1.82) is 0 Å². The molecule has 3 heteroatoms. The quantitative estimate of drug-likeness (QED) is 0.674. The van der Waals surface area contributed by atoms with Crippen LogP contribution in [-0.2, 0) is 9.53 Å². The zero-order chi connectivity index (χ0) is 11.5. The maximum atomic E-state index is 13.7. The number of ether oxygens (including phenoxy) is 1. The highest BCUT2D eigenvalue weighted by Gasteiger charge is 2.29. The van der Waals surface area contributed by atoms with Crippen LogP contribution < -0.4 is 0 Å². The van der Waals surface area contributed by atoms with Gasteiger partial charge in [0.25, 0.3) is 0 Å². The van der Waals surface area contributed by atoms with Gasteiger partial charge in [-0.15, -0.1) is 0 Å². The summed E-state index contributed by atoms with van der Waals surface area (Å²) in [6.07, 6.45) is 7.57. The van der Waals surface area contributed by atoms with E-state index in [4.69, 9.17) is 0 Å². The Hall–Kier alpha value is -1.12. The van der Waals surface area contributed by atoms with Gasteiger partial charge in [-0.25, -0.2) is 9.18 Å². The first-order valence-electron chi connectivity index (χ1n) is 5.84. The molecule has 88 valence electrons. The summed E-state index contributed by atoms with van der Waals surface area (Å²) in [5.74, 6) is -0.324. The summed E-state index contributed by atoms with van der Waals surface area (Å²) in [4.78, 5) is 11.1. The van der Waals surface area contributed by atoms with Gasteiger partial charge in [-0.05, 0) is 37.2 Å². The number of fused-ring (bicyclic) bond motifs is 1. The second-order valence-electron chi connectivity index (χ2n) is 4.52. The smallest absolute Gasteiger partial charge is 0.344 e. The number of alkyl halides is 1. The molecule has 0 aromatic carbocycles. The summed E-state index contributed by atoms with van der Waals surface area (Å²) in [6, 6.07) is 0. The third kappa shape index (κ3) is 2.18. The van der Waals surface area contributed by atoms with Crippen LogP contribution in [0.3, 0.4) is 0 Å². The zero-order valence-electron chi connectivity index (χ0n) is 9.54. The summed E-state index contributed by atoms with van der Waals surface area (Å²) >= 11 is 0. The molecule has 0 bridgehead atoms. The molecule has 2 atom stereocenters. The second-order valence-corrected chi connectivity index (χ2v) is 4.52. The first-order valence-corrected chi connectivity index (χ1v) is 5.84. The van der Waals surface area contributed by atoms with Crippen LogP contribution in [0.25, 0.3) is 0 Å². The van der Waals surface area contributed by atoms with Crippen LogP contribution in [0.15, 0.2) is 23.3 Å². The van der Waals surface area contributed by atoms with Gasteiger partial charge in [0.2, 0.25) is 6.17 Å². The summed E-state index contributed by atoms with van der Waals surface area (Å²) in [5.41, 5.74) is 1.99. The predicted molar refractivity (Wildman–Crippen MR) is 59.7 cm³/mol. The summed E-state index contributed by atoms with van der Waals surface area (Å²) in [7, 11) is 1.22. The maximum absolute atomic E-state index is 13.7. The molecule has 0 saturated heterocycles. The fourth-order valence-electron chi connectivity index (χ4n) is 2.57. The molecule has 1 saturated carbocycles. The Bertz CT molecular complexity index is 344.